The van der Waals surface area contributed by atoms with E-state index in [-0.39, 0.29) is 11.8 Å². The maximum atomic E-state index is 13.1. The Kier molecular flexibility index (Phi) is 8.73. The van der Waals surface area contributed by atoms with E-state index in [0.29, 0.717) is 33.6 Å². The third kappa shape index (κ3) is 5.93. The number of esters is 2. The molecule has 6 aromatic rings. The Morgan fingerprint density at radius 2 is 0.765 bits per heavy atom. The number of fused-ring (bicyclic) bond motifs is 3. The molecule has 51 heavy (non-hydrogen) atoms. The standard InChI is InChI=1S/C43H32N2O6/c1-50-41(48)29-15-11-27(12-16-29)39(46)44-33-23-19-31(20-24-33)43(37-9-5-3-7-35(37)36-8-4-6-10-38(36)43)32-21-25-34(26-22-32)45-40(47)28-13-17-30(18-14-28)42(49)51-2/h3-26H,1-2H3,(H,44,46)(H,45,47). The van der Waals surface area contributed by atoms with Crippen LogP contribution in [0.15, 0.2) is 146 Å². The van der Waals surface area contributed by atoms with Gasteiger partial charge in [0.05, 0.1) is 30.8 Å². The molecule has 8 nitrogen and oxygen atoms in total. The zero-order valence-electron chi connectivity index (χ0n) is 27.8. The van der Waals surface area contributed by atoms with E-state index in [1.54, 1.807) is 48.5 Å². The molecule has 0 saturated carbocycles. The van der Waals surface area contributed by atoms with Gasteiger partial charge in [-0.25, -0.2) is 9.59 Å². The van der Waals surface area contributed by atoms with Gasteiger partial charge in [0.1, 0.15) is 0 Å². The number of carbonyl (C=O) groups excluding carboxylic acids is 4. The first-order valence-electron chi connectivity index (χ1n) is 16.2. The van der Waals surface area contributed by atoms with Crippen LogP contribution in [0.3, 0.4) is 0 Å². The van der Waals surface area contributed by atoms with E-state index in [4.69, 9.17) is 9.47 Å². The quantitative estimate of drug-likeness (QED) is 0.158. The number of hydrogen-bond donors (Lipinski definition) is 2. The molecule has 0 saturated heterocycles. The molecule has 0 fully saturated rings. The van der Waals surface area contributed by atoms with Gasteiger partial charge in [-0.1, -0.05) is 72.8 Å². The van der Waals surface area contributed by atoms with E-state index in [2.05, 4.69) is 34.9 Å². The second-order valence-corrected chi connectivity index (χ2v) is 12.0. The van der Waals surface area contributed by atoms with Crippen LogP contribution in [0.4, 0.5) is 11.4 Å². The highest BCUT2D eigenvalue weighted by atomic mass is 16.5. The first-order valence-corrected chi connectivity index (χ1v) is 16.2. The van der Waals surface area contributed by atoms with E-state index in [1.807, 2.05) is 72.8 Å². The molecule has 7 rings (SSSR count). The number of amides is 2. The van der Waals surface area contributed by atoms with Crippen LogP contribution in [0.25, 0.3) is 11.1 Å². The number of ether oxygens (including phenoxy) is 2. The lowest BCUT2D eigenvalue weighted by Crippen LogP contribution is -2.28. The molecule has 0 atom stereocenters. The lowest BCUT2D eigenvalue weighted by Gasteiger charge is -2.34. The summed E-state index contributed by atoms with van der Waals surface area (Å²) >= 11 is 0. The first-order chi connectivity index (χ1) is 24.8. The number of carbonyl (C=O) groups is 4. The third-order valence-corrected chi connectivity index (χ3v) is 9.24. The summed E-state index contributed by atoms with van der Waals surface area (Å²) in [7, 11) is 2.62. The number of anilines is 2. The van der Waals surface area contributed by atoms with Gasteiger partial charge in [-0.3, -0.25) is 9.59 Å². The van der Waals surface area contributed by atoms with Gasteiger partial charge in [0.25, 0.3) is 11.8 Å². The molecule has 2 N–H and O–H groups in total. The molecule has 6 aromatic carbocycles. The van der Waals surface area contributed by atoms with Crippen molar-refractivity contribution in [2.45, 2.75) is 5.41 Å². The summed E-state index contributed by atoms with van der Waals surface area (Å²) in [5.41, 5.74) is 8.61. The summed E-state index contributed by atoms with van der Waals surface area (Å²) in [5.74, 6) is -1.54. The van der Waals surface area contributed by atoms with Crippen LogP contribution in [0, 0.1) is 0 Å². The average Bonchev–Trinajstić information content (AvgIpc) is 3.49. The van der Waals surface area contributed by atoms with E-state index >= 15 is 0 Å². The van der Waals surface area contributed by atoms with Gasteiger partial charge in [0, 0.05) is 22.5 Å². The van der Waals surface area contributed by atoms with Crippen molar-refractivity contribution in [1.29, 1.82) is 0 Å². The summed E-state index contributed by atoms with van der Waals surface area (Å²) in [5, 5.41) is 5.92. The fourth-order valence-corrected chi connectivity index (χ4v) is 6.79. The Hall–Kier alpha value is -6.80. The number of rotatable bonds is 8. The minimum Gasteiger partial charge on any atom is -0.465 e. The largest absolute Gasteiger partial charge is 0.465 e. The summed E-state index contributed by atoms with van der Waals surface area (Å²) in [6.45, 7) is 0. The van der Waals surface area contributed by atoms with Gasteiger partial charge < -0.3 is 20.1 Å². The lowest BCUT2D eigenvalue weighted by molar-refractivity contribution is 0.0592. The molecule has 0 radical (unpaired) electrons. The molecule has 250 valence electrons. The van der Waals surface area contributed by atoms with Crippen LogP contribution in [0.2, 0.25) is 0 Å². The van der Waals surface area contributed by atoms with E-state index in [9.17, 15) is 19.2 Å². The molecule has 1 aliphatic carbocycles. The molecular formula is C43H32N2O6. The highest BCUT2D eigenvalue weighted by Gasteiger charge is 2.45. The van der Waals surface area contributed by atoms with Crippen LogP contribution in [0.1, 0.15) is 63.7 Å². The van der Waals surface area contributed by atoms with Gasteiger partial charge in [-0.15, -0.1) is 0 Å². The SMILES string of the molecule is COC(=O)c1ccc(C(=O)Nc2ccc(C3(c4ccc(NC(=O)c5ccc(C(=O)OC)cc5)cc4)c4ccccc4-c4ccccc43)cc2)cc1. The molecular weight excluding hydrogens is 640 g/mol. The van der Waals surface area contributed by atoms with E-state index in [0.717, 1.165) is 33.4 Å². The topological polar surface area (TPSA) is 111 Å². The Morgan fingerprint density at radius 1 is 0.431 bits per heavy atom. The Bertz CT molecular complexity index is 2110. The maximum absolute atomic E-state index is 13.1. The summed E-state index contributed by atoms with van der Waals surface area (Å²) in [6.07, 6.45) is 0. The minimum absolute atomic E-state index is 0.303. The van der Waals surface area contributed by atoms with Crippen molar-refractivity contribution in [1.82, 2.24) is 0 Å². The fraction of sp³-hybridized carbons (Fsp3) is 0.0698. The highest BCUT2D eigenvalue weighted by Crippen LogP contribution is 2.56. The molecule has 0 spiro atoms. The molecule has 0 bridgehead atoms. The van der Waals surface area contributed by atoms with E-state index < -0.39 is 17.4 Å². The summed E-state index contributed by atoms with van der Waals surface area (Å²) in [4.78, 5) is 49.8. The lowest BCUT2D eigenvalue weighted by atomic mass is 9.67. The van der Waals surface area contributed by atoms with Crippen molar-refractivity contribution in [3.05, 3.63) is 190 Å². The van der Waals surface area contributed by atoms with Crippen molar-refractivity contribution in [3.8, 4) is 11.1 Å². The van der Waals surface area contributed by atoms with Gasteiger partial charge in [-0.2, -0.15) is 0 Å². The first kappa shape index (κ1) is 32.7. The molecule has 0 aromatic heterocycles. The average molecular weight is 673 g/mol. The van der Waals surface area contributed by atoms with Crippen LogP contribution in [0.5, 0.6) is 0 Å². The normalized spacial score (nSPS) is 12.2. The van der Waals surface area contributed by atoms with Crippen LogP contribution < -0.4 is 10.6 Å². The minimum atomic E-state index is -0.689. The van der Waals surface area contributed by atoms with Crippen LogP contribution in [-0.2, 0) is 14.9 Å². The summed E-state index contributed by atoms with van der Waals surface area (Å²) in [6, 6.07) is 45.0. The van der Waals surface area contributed by atoms with Crippen molar-refractivity contribution in [2.24, 2.45) is 0 Å². The monoisotopic (exact) mass is 672 g/mol. The highest BCUT2D eigenvalue weighted by molar-refractivity contribution is 6.05. The Morgan fingerprint density at radius 3 is 1.12 bits per heavy atom. The molecule has 8 heteroatoms. The number of methoxy groups -OCH3 is 2. The van der Waals surface area contributed by atoms with Crippen molar-refractivity contribution in [2.75, 3.05) is 24.9 Å². The van der Waals surface area contributed by atoms with Crippen LogP contribution >= 0.6 is 0 Å². The van der Waals surface area contributed by atoms with Gasteiger partial charge in [-0.05, 0) is 106 Å². The molecule has 0 aliphatic heterocycles. The van der Waals surface area contributed by atoms with Crippen molar-refractivity contribution >= 4 is 35.1 Å². The molecule has 0 unspecified atom stereocenters. The number of nitrogens with one attached hydrogen (secondary N) is 2. The molecule has 0 heterocycles. The second kappa shape index (κ2) is 13.6. The summed E-state index contributed by atoms with van der Waals surface area (Å²) < 4.78 is 9.50. The van der Waals surface area contributed by atoms with Crippen molar-refractivity contribution in [3.63, 3.8) is 0 Å². The van der Waals surface area contributed by atoms with Gasteiger partial charge in [0.15, 0.2) is 0 Å². The zero-order chi connectivity index (χ0) is 35.5. The predicted octanol–water partition coefficient (Wildman–Crippen LogP) is 8.13. The van der Waals surface area contributed by atoms with E-state index in [1.165, 1.54) is 14.2 Å². The zero-order valence-corrected chi connectivity index (χ0v) is 27.8. The predicted molar refractivity (Wildman–Crippen MR) is 195 cm³/mol. The molecule has 2 amide bonds. The fourth-order valence-electron chi connectivity index (χ4n) is 6.79. The molecule has 1 aliphatic rings. The smallest absolute Gasteiger partial charge is 0.337 e. The second-order valence-electron chi connectivity index (χ2n) is 12.0. The third-order valence-electron chi connectivity index (χ3n) is 9.24. The van der Waals surface area contributed by atoms with Gasteiger partial charge in [0.2, 0.25) is 0 Å². The number of benzene rings is 6. The van der Waals surface area contributed by atoms with Crippen molar-refractivity contribution < 1.29 is 28.7 Å². The number of hydrogen-bond acceptors (Lipinski definition) is 6. The Balaban J connectivity index is 1.21. The maximum Gasteiger partial charge on any atom is 0.337 e. The van der Waals surface area contributed by atoms with Crippen LogP contribution in [-0.4, -0.2) is 38.0 Å². The van der Waals surface area contributed by atoms with Gasteiger partial charge >= 0.3 is 11.9 Å². The Labute approximate surface area is 294 Å².